The zero-order chi connectivity index (χ0) is 18.7. The van der Waals surface area contributed by atoms with E-state index in [1.54, 1.807) is 12.1 Å². The minimum Gasteiger partial charge on any atom is -0.379 e. The summed E-state index contributed by atoms with van der Waals surface area (Å²) in [5, 5.41) is 6.74. The smallest absolute Gasteiger partial charge is 0.379 e. The van der Waals surface area contributed by atoms with E-state index in [4.69, 9.17) is 4.74 Å². The molecule has 0 unspecified atom stereocenters. The lowest BCUT2D eigenvalue weighted by molar-refractivity contribution is -0.143. The Balaban J connectivity index is 1.59. The second kappa shape index (κ2) is 7.77. The maximum atomic E-state index is 12.9. The van der Waals surface area contributed by atoms with Crippen molar-refractivity contribution in [2.75, 3.05) is 39.4 Å². The first kappa shape index (κ1) is 18.9. The molecule has 26 heavy (non-hydrogen) atoms. The van der Waals surface area contributed by atoms with E-state index < -0.39 is 11.9 Å². The molecule has 0 aliphatic carbocycles. The van der Waals surface area contributed by atoms with Gasteiger partial charge in [0.15, 0.2) is 0 Å². The molecule has 2 aromatic rings. The van der Waals surface area contributed by atoms with Crippen LogP contribution >= 0.6 is 11.3 Å². The maximum Gasteiger partial charge on any atom is 0.433 e. The molecule has 0 spiro atoms. The van der Waals surface area contributed by atoms with Gasteiger partial charge >= 0.3 is 6.18 Å². The van der Waals surface area contributed by atoms with Crippen LogP contribution in [0.1, 0.15) is 15.4 Å². The van der Waals surface area contributed by atoms with E-state index in [9.17, 15) is 18.0 Å². The van der Waals surface area contributed by atoms with Crippen LogP contribution in [-0.2, 0) is 18.0 Å². The third-order valence-corrected chi connectivity index (χ3v) is 5.18. The Hall–Kier alpha value is -1.91. The van der Waals surface area contributed by atoms with Gasteiger partial charge in [0.2, 0.25) is 0 Å². The number of morpholine rings is 1. The fraction of sp³-hybridized carbons (Fsp3) is 0.500. The van der Waals surface area contributed by atoms with Gasteiger partial charge in [0.25, 0.3) is 5.91 Å². The number of aromatic nitrogens is 2. The number of carbonyl (C=O) groups excluding carboxylic acids is 1. The molecule has 1 aliphatic heterocycles. The summed E-state index contributed by atoms with van der Waals surface area (Å²) in [5.74, 6) is -0.235. The van der Waals surface area contributed by atoms with Gasteiger partial charge in [-0.05, 0) is 18.2 Å². The number of halogens is 3. The first-order valence-electron chi connectivity index (χ1n) is 8.14. The number of hydrogen-bond donors (Lipinski definition) is 1. The molecule has 1 amide bonds. The van der Waals surface area contributed by atoms with Crippen molar-refractivity contribution in [3.05, 3.63) is 28.8 Å². The van der Waals surface area contributed by atoms with Gasteiger partial charge in [0.05, 0.1) is 23.0 Å². The Bertz CT molecular complexity index is 766. The van der Waals surface area contributed by atoms with Gasteiger partial charge in [-0.2, -0.15) is 18.3 Å². The monoisotopic (exact) mass is 388 g/mol. The Labute approximate surface area is 152 Å². The SMILES string of the molecule is Cn1nc(-c2ccc(C(=O)NCCN3CCOCC3)s2)cc1C(F)(F)F. The van der Waals surface area contributed by atoms with E-state index in [-0.39, 0.29) is 11.6 Å². The number of aryl methyl sites for hydroxylation is 1. The molecular weight excluding hydrogens is 369 g/mol. The molecule has 1 fully saturated rings. The molecule has 142 valence electrons. The molecule has 0 aromatic carbocycles. The van der Waals surface area contributed by atoms with E-state index >= 15 is 0 Å². The number of carbonyl (C=O) groups is 1. The highest BCUT2D eigenvalue weighted by Crippen LogP contribution is 2.34. The summed E-state index contributed by atoms with van der Waals surface area (Å²) in [4.78, 5) is 15.4. The van der Waals surface area contributed by atoms with E-state index in [1.165, 1.54) is 7.05 Å². The zero-order valence-electron chi connectivity index (χ0n) is 14.2. The van der Waals surface area contributed by atoms with Gasteiger partial charge < -0.3 is 10.1 Å². The zero-order valence-corrected chi connectivity index (χ0v) is 15.0. The fourth-order valence-electron chi connectivity index (χ4n) is 2.69. The molecule has 3 heterocycles. The van der Waals surface area contributed by atoms with Gasteiger partial charge in [0.1, 0.15) is 11.4 Å². The average molecular weight is 388 g/mol. The van der Waals surface area contributed by atoms with Crippen molar-refractivity contribution >= 4 is 17.2 Å². The molecule has 0 saturated carbocycles. The number of rotatable bonds is 5. The molecule has 1 aliphatic rings. The van der Waals surface area contributed by atoms with Gasteiger partial charge in [0, 0.05) is 33.2 Å². The molecule has 2 aromatic heterocycles. The second-order valence-electron chi connectivity index (χ2n) is 5.91. The Morgan fingerprint density at radius 1 is 1.35 bits per heavy atom. The third-order valence-electron chi connectivity index (χ3n) is 4.07. The first-order valence-corrected chi connectivity index (χ1v) is 8.96. The standard InChI is InChI=1S/C16H19F3N4O2S/c1-22-14(16(17,18)19)10-11(21-22)12-2-3-13(26-12)15(24)20-4-5-23-6-8-25-9-7-23/h2-3,10H,4-9H2,1H3,(H,20,24). The topological polar surface area (TPSA) is 59.4 Å². The lowest BCUT2D eigenvalue weighted by atomic mass is 10.3. The van der Waals surface area contributed by atoms with Crippen LogP contribution in [0.5, 0.6) is 0 Å². The lowest BCUT2D eigenvalue weighted by Crippen LogP contribution is -2.41. The van der Waals surface area contributed by atoms with Crippen molar-refractivity contribution < 1.29 is 22.7 Å². The van der Waals surface area contributed by atoms with Crippen molar-refractivity contribution in [3.8, 4) is 10.6 Å². The van der Waals surface area contributed by atoms with Gasteiger partial charge in [-0.25, -0.2) is 0 Å². The second-order valence-corrected chi connectivity index (χ2v) is 6.99. The summed E-state index contributed by atoms with van der Waals surface area (Å²) >= 11 is 1.12. The van der Waals surface area contributed by atoms with Crippen molar-refractivity contribution in [2.45, 2.75) is 6.18 Å². The summed E-state index contributed by atoms with van der Waals surface area (Å²) in [5.41, 5.74) is -0.616. The number of amides is 1. The predicted molar refractivity (Wildman–Crippen MR) is 91.1 cm³/mol. The van der Waals surface area contributed by atoms with Crippen molar-refractivity contribution in [3.63, 3.8) is 0 Å². The van der Waals surface area contributed by atoms with Crippen LogP contribution in [0, 0.1) is 0 Å². The van der Waals surface area contributed by atoms with Crippen LogP contribution < -0.4 is 5.32 Å². The number of thiophene rings is 1. The van der Waals surface area contributed by atoms with Gasteiger partial charge in [-0.1, -0.05) is 0 Å². The largest absolute Gasteiger partial charge is 0.433 e. The summed E-state index contributed by atoms with van der Waals surface area (Å²) in [6.07, 6.45) is -4.46. The van der Waals surface area contributed by atoms with Crippen LogP contribution in [0.3, 0.4) is 0 Å². The summed E-state index contributed by atoms with van der Waals surface area (Å²) < 4.78 is 44.7. The predicted octanol–water partition coefficient (Wildman–Crippen LogP) is 2.23. The highest BCUT2D eigenvalue weighted by Gasteiger charge is 2.35. The highest BCUT2D eigenvalue weighted by molar-refractivity contribution is 7.17. The number of nitrogens with one attached hydrogen (secondary N) is 1. The minimum atomic E-state index is -4.46. The van der Waals surface area contributed by atoms with Crippen LogP contribution in [0.4, 0.5) is 13.2 Å². The average Bonchev–Trinajstić information content (AvgIpc) is 3.22. The van der Waals surface area contributed by atoms with Crippen LogP contribution in [0.2, 0.25) is 0 Å². The molecule has 0 atom stereocenters. The van der Waals surface area contributed by atoms with Crippen LogP contribution in [0.15, 0.2) is 18.2 Å². The number of alkyl halides is 3. The van der Waals surface area contributed by atoms with E-state index in [1.807, 2.05) is 0 Å². The van der Waals surface area contributed by atoms with E-state index in [0.29, 0.717) is 29.5 Å². The molecule has 0 radical (unpaired) electrons. The molecule has 6 nitrogen and oxygen atoms in total. The lowest BCUT2D eigenvalue weighted by Gasteiger charge is -2.26. The molecule has 10 heteroatoms. The molecular formula is C16H19F3N4O2S. The van der Waals surface area contributed by atoms with Gasteiger partial charge in [-0.3, -0.25) is 14.4 Å². The minimum absolute atomic E-state index is 0.206. The Kier molecular flexibility index (Phi) is 5.64. The summed E-state index contributed by atoms with van der Waals surface area (Å²) in [6, 6.07) is 4.21. The number of hydrogen-bond acceptors (Lipinski definition) is 5. The van der Waals surface area contributed by atoms with Crippen molar-refractivity contribution in [1.82, 2.24) is 20.0 Å². The highest BCUT2D eigenvalue weighted by atomic mass is 32.1. The number of nitrogens with zero attached hydrogens (tertiary/aromatic N) is 3. The van der Waals surface area contributed by atoms with E-state index in [0.717, 1.165) is 41.7 Å². The van der Waals surface area contributed by atoms with Crippen LogP contribution in [-0.4, -0.2) is 60.0 Å². The van der Waals surface area contributed by atoms with E-state index in [2.05, 4.69) is 15.3 Å². The molecule has 3 rings (SSSR count). The quantitative estimate of drug-likeness (QED) is 0.854. The fourth-order valence-corrected chi connectivity index (χ4v) is 3.57. The third kappa shape index (κ3) is 4.43. The molecule has 1 N–H and O–H groups in total. The Morgan fingerprint density at radius 3 is 2.73 bits per heavy atom. The summed E-state index contributed by atoms with van der Waals surface area (Å²) in [7, 11) is 1.25. The van der Waals surface area contributed by atoms with Crippen molar-refractivity contribution in [1.29, 1.82) is 0 Å². The summed E-state index contributed by atoms with van der Waals surface area (Å²) in [6.45, 7) is 4.34. The maximum absolute atomic E-state index is 12.9. The Morgan fingerprint density at radius 2 is 2.08 bits per heavy atom. The van der Waals surface area contributed by atoms with Crippen molar-refractivity contribution in [2.24, 2.45) is 7.05 Å². The van der Waals surface area contributed by atoms with Crippen LogP contribution in [0.25, 0.3) is 10.6 Å². The first-order chi connectivity index (χ1) is 12.3. The molecule has 0 bridgehead atoms. The van der Waals surface area contributed by atoms with Gasteiger partial charge in [-0.15, -0.1) is 11.3 Å². The normalized spacial score (nSPS) is 16.0. The number of ether oxygens (including phenoxy) is 1. The molecule has 1 saturated heterocycles.